The first-order chi connectivity index (χ1) is 6.84. The minimum Gasteiger partial charge on any atom is -0.309 e. The van der Waals surface area contributed by atoms with Crippen molar-refractivity contribution in [2.75, 3.05) is 6.54 Å². The summed E-state index contributed by atoms with van der Waals surface area (Å²) in [4.78, 5) is 4.76. The van der Waals surface area contributed by atoms with Crippen LogP contribution in [0.3, 0.4) is 0 Å². The zero-order chi connectivity index (χ0) is 9.54. The summed E-state index contributed by atoms with van der Waals surface area (Å²) < 4.78 is 0. The third-order valence-corrected chi connectivity index (χ3v) is 4.38. The van der Waals surface area contributed by atoms with E-state index in [4.69, 9.17) is 4.98 Å². The Kier molecular flexibility index (Phi) is 2.10. The molecule has 3 heteroatoms. The van der Waals surface area contributed by atoms with Gasteiger partial charge in [0.2, 0.25) is 0 Å². The predicted molar refractivity (Wildman–Crippen MR) is 58.6 cm³/mol. The van der Waals surface area contributed by atoms with Crippen LogP contribution in [0.25, 0.3) is 0 Å². The third kappa shape index (κ3) is 1.48. The lowest BCUT2D eigenvalue weighted by Crippen LogP contribution is -2.13. The van der Waals surface area contributed by atoms with E-state index < -0.39 is 0 Å². The van der Waals surface area contributed by atoms with Crippen LogP contribution in [-0.2, 0) is 0 Å². The Hall–Kier alpha value is -0.410. The molecule has 1 aromatic heterocycles. The predicted octanol–water partition coefficient (Wildman–Crippen LogP) is 2.69. The average molecular weight is 208 g/mol. The van der Waals surface area contributed by atoms with Crippen molar-refractivity contribution in [3.8, 4) is 0 Å². The highest BCUT2D eigenvalue weighted by molar-refractivity contribution is 7.09. The van der Waals surface area contributed by atoms with Gasteiger partial charge >= 0.3 is 0 Å². The second-order valence-electron chi connectivity index (χ2n) is 4.58. The van der Waals surface area contributed by atoms with E-state index in [1.807, 2.05) is 11.3 Å². The fourth-order valence-electron chi connectivity index (χ4n) is 2.23. The Morgan fingerprint density at radius 2 is 2.43 bits per heavy atom. The molecule has 0 radical (unpaired) electrons. The van der Waals surface area contributed by atoms with Gasteiger partial charge in [0, 0.05) is 11.3 Å². The summed E-state index contributed by atoms with van der Waals surface area (Å²) in [6.07, 6.45) is 3.92. The van der Waals surface area contributed by atoms with Gasteiger partial charge in [-0.05, 0) is 31.7 Å². The van der Waals surface area contributed by atoms with E-state index in [1.165, 1.54) is 30.0 Å². The van der Waals surface area contributed by atoms with E-state index in [9.17, 15) is 0 Å². The molecule has 76 valence electrons. The van der Waals surface area contributed by atoms with Crippen molar-refractivity contribution >= 4 is 11.3 Å². The molecule has 0 spiro atoms. The molecule has 1 saturated carbocycles. The molecule has 2 fully saturated rings. The number of nitrogens with zero attached hydrogens (tertiary/aromatic N) is 1. The molecule has 2 heterocycles. The van der Waals surface area contributed by atoms with Crippen LogP contribution in [0.4, 0.5) is 0 Å². The molecule has 1 saturated heterocycles. The number of thiazole rings is 1. The van der Waals surface area contributed by atoms with Gasteiger partial charge in [0.15, 0.2) is 0 Å². The standard InChI is InChI=1S/C11H16N2S/c1-7-5-8(7)11-13-10(6-14-11)9-3-2-4-12-9/h6-9,12H,2-5H2,1H3. The molecule has 2 aliphatic rings. The molecule has 1 aliphatic carbocycles. The molecule has 1 aliphatic heterocycles. The number of nitrogens with one attached hydrogen (secondary N) is 1. The van der Waals surface area contributed by atoms with Crippen molar-refractivity contribution in [2.24, 2.45) is 5.92 Å². The fourth-order valence-corrected chi connectivity index (χ4v) is 3.35. The summed E-state index contributed by atoms with van der Waals surface area (Å²) in [5.74, 6) is 1.67. The molecule has 1 aromatic rings. The Balaban J connectivity index is 1.76. The monoisotopic (exact) mass is 208 g/mol. The van der Waals surface area contributed by atoms with Crippen molar-refractivity contribution < 1.29 is 0 Å². The minimum atomic E-state index is 0.550. The number of hydrogen-bond acceptors (Lipinski definition) is 3. The maximum Gasteiger partial charge on any atom is 0.0962 e. The zero-order valence-corrected chi connectivity index (χ0v) is 9.31. The summed E-state index contributed by atoms with van der Waals surface area (Å²) in [6, 6.07) is 0.550. The molecule has 1 N–H and O–H groups in total. The van der Waals surface area contributed by atoms with E-state index in [-0.39, 0.29) is 0 Å². The molecule has 3 unspecified atom stereocenters. The lowest BCUT2D eigenvalue weighted by atomic mass is 10.2. The van der Waals surface area contributed by atoms with Crippen LogP contribution in [0.5, 0.6) is 0 Å². The Labute approximate surface area is 88.7 Å². The highest BCUT2D eigenvalue weighted by Gasteiger charge is 2.36. The molecule has 14 heavy (non-hydrogen) atoms. The van der Waals surface area contributed by atoms with E-state index in [1.54, 1.807) is 0 Å². The van der Waals surface area contributed by atoms with Crippen LogP contribution < -0.4 is 5.32 Å². The second kappa shape index (κ2) is 3.31. The Bertz CT molecular complexity index is 328. The number of hydrogen-bond donors (Lipinski definition) is 1. The molecule has 3 rings (SSSR count). The van der Waals surface area contributed by atoms with E-state index in [2.05, 4.69) is 17.6 Å². The third-order valence-electron chi connectivity index (χ3n) is 3.38. The van der Waals surface area contributed by atoms with Gasteiger partial charge in [0.25, 0.3) is 0 Å². The van der Waals surface area contributed by atoms with E-state index in [0.29, 0.717) is 6.04 Å². The van der Waals surface area contributed by atoms with Crippen LogP contribution in [-0.4, -0.2) is 11.5 Å². The summed E-state index contributed by atoms with van der Waals surface area (Å²) in [5.41, 5.74) is 1.29. The van der Waals surface area contributed by atoms with Gasteiger partial charge < -0.3 is 5.32 Å². The van der Waals surface area contributed by atoms with Gasteiger partial charge in [0.05, 0.1) is 16.7 Å². The molecule has 0 amide bonds. The quantitative estimate of drug-likeness (QED) is 0.808. The summed E-state index contributed by atoms with van der Waals surface area (Å²) in [7, 11) is 0. The van der Waals surface area contributed by atoms with Gasteiger partial charge in [0.1, 0.15) is 0 Å². The lowest BCUT2D eigenvalue weighted by Gasteiger charge is -2.04. The van der Waals surface area contributed by atoms with Crippen molar-refractivity contribution in [2.45, 2.75) is 38.1 Å². The molecule has 3 atom stereocenters. The van der Waals surface area contributed by atoms with Gasteiger partial charge in [-0.25, -0.2) is 4.98 Å². The van der Waals surface area contributed by atoms with Gasteiger partial charge in [-0.2, -0.15) is 0 Å². The van der Waals surface area contributed by atoms with E-state index >= 15 is 0 Å². The highest BCUT2D eigenvalue weighted by atomic mass is 32.1. The smallest absolute Gasteiger partial charge is 0.0962 e. The van der Waals surface area contributed by atoms with Crippen LogP contribution in [0, 0.1) is 5.92 Å². The molecular weight excluding hydrogens is 192 g/mol. The van der Waals surface area contributed by atoms with Crippen LogP contribution >= 0.6 is 11.3 Å². The maximum absolute atomic E-state index is 4.76. The van der Waals surface area contributed by atoms with Gasteiger partial charge in [-0.1, -0.05) is 6.92 Å². The molecular formula is C11H16N2S. The summed E-state index contributed by atoms with van der Waals surface area (Å²) in [5, 5.41) is 7.13. The first kappa shape index (κ1) is 8.86. The maximum atomic E-state index is 4.76. The van der Waals surface area contributed by atoms with Gasteiger partial charge in [-0.15, -0.1) is 11.3 Å². The van der Waals surface area contributed by atoms with E-state index in [0.717, 1.165) is 18.4 Å². The first-order valence-corrected chi connectivity index (χ1v) is 6.41. The number of aromatic nitrogens is 1. The SMILES string of the molecule is CC1CC1c1nc(C2CCCN2)cs1. The lowest BCUT2D eigenvalue weighted by molar-refractivity contribution is 0.629. The van der Waals surface area contributed by atoms with Crippen molar-refractivity contribution in [3.63, 3.8) is 0 Å². The number of rotatable bonds is 2. The molecule has 0 bridgehead atoms. The zero-order valence-electron chi connectivity index (χ0n) is 8.49. The van der Waals surface area contributed by atoms with Crippen molar-refractivity contribution in [1.29, 1.82) is 0 Å². The largest absolute Gasteiger partial charge is 0.309 e. The van der Waals surface area contributed by atoms with Crippen LogP contribution in [0.2, 0.25) is 0 Å². The fraction of sp³-hybridized carbons (Fsp3) is 0.727. The van der Waals surface area contributed by atoms with Crippen LogP contribution in [0.1, 0.15) is 48.8 Å². The Morgan fingerprint density at radius 3 is 3.07 bits per heavy atom. The first-order valence-electron chi connectivity index (χ1n) is 5.53. The molecule has 0 aromatic carbocycles. The summed E-state index contributed by atoms with van der Waals surface area (Å²) in [6.45, 7) is 3.48. The molecule has 2 nitrogen and oxygen atoms in total. The minimum absolute atomic E-state index is 0.550. The highest BCUT2D eigenvalue weighted by Crippen LogP contribution is 2.48. The second-order valence-corrected chi connectivity index (χ2v) is 5.47. The Morgan fingerprint density at radius 1 is 1.57 bits per heavy atom. The normalized spacial score (nSPS) is 36.2. The topological polar surface area (TPSA) is 24.9 Å². The van der Waals surface area contributed by atoms with Crippen LogP contribution in [0.15, 0.2) is 5.38 Å². The van der Waals surface area contributed by atoms with Crippen molar-refractivity contribution in [1.82, 2.24) is 10.3 Å². The summed E-state index contributed by atoms with van der Waals surface area (Å²) >= 11 is 1.86. The van der Waals surface area contributed by atoms with Crippen molar-refractivity contribution in [3.05, 3.63) is 16.1 Å². The average Bonchev–Trinajstić information content (AvgIpc) is 2.72. The van der Waals surface area contributed by atoms with Gasteiger partial charge in [-0.3, -0.25) is 0 Å².